The molecule has 1 saturated heterocycles. The van der Waals surface area contributed by atoms with E-state index in [-0.39, 0.29) is 11.5 Å². The van der Waals surface area contributed by atoms with Crippen LogP contribution in [0.4, 0.5) is 5.69 Å². The van der Waals surface area contributed by atoms with Gasteiger partial charge < -0.3 is 10.2 Å². The van der Waals surface area contributed by atoms with Gasteiger partial charge in [-0.2, -0.15) is 0 Å². The molecule has 22 heavy (non-hydrogen) atoms. The van der Waals surface area contributed by atoms with E-state index in [0.29, 0.717) is 12.1 Å². The first-order valence-corrected chi connectivity index (χ1v) is 9.36. The standard InChI is InChI=1S/C14H17BrN2O4S/c1-9-7-10(15)3-4-12(9)16-13(18)14(19)17(2)11-5-6-22(20,21)8-11/h3-4,7,11H,5-6,8H2,1-2H3,(H,16,18). The second-order valence-electron chi connectivity index (χ2n) is 5.39. The quantitative estimate of drug-likeness (QED) is 0.774. The molecule has 1 aromatic carbocycles. The molecule has 0 radical (unpaired) electrons. The normalized spacial score (nSPS) is 19.7. The minimum absolute atomic E-state index is 0.0583. The van der Waals surface area contributed by atoms with E-state index in [1.165, 1.54) is 11.9 Å². The average Bonchev–Trinajstić information content (AvgIpc) is 2.80. The lowest BCUT2D eigenvalue weighted by atomic mass is 10.2. The van der Waals surface area contributed by atoms with E-state index in [1.54, 1.807) is 12.1 Å². The van der Waals surface area contributed by atoms with E-state index in [1.807, 2.05) is 13.0 Å². The molecular formula is C14H17BrN2O4S. The number of anilines is 1. The Morgan fingerprint density at radius 2 is 2.05 bits per heavy atom. The summed E-state index contributed by atoms with van der Waals surface area (Å²) < 4.78 is 23.8. The maximum absolute atomic E-state index is 12.1. The van der Waals surface area contributed by atoms with Gasteiger partial charge in [-0.15, -0.1) is 0 Å². The van der Waals surface area contributed by atoms with Gasteiger partial charge in [0.25, 0.3) is 0 Å². The number of rotatable bonds is 2. The number of aryl methyl sites for hydroxylation is 1. The lowest BCUT2D eigenvalue weighted by Crippen LogP contribution is -2.43. The molecule has 1 heterocycles. The van der Waals surface area contributed by atoms with Gasteiger partial charge in [0.1, 0.15) is 0 Å². The van der Waals surface area contributed by atoms with E-state index in [0.717, 1.165) is 10.0 Å². The van der Waals surface area contributed by atoms with Crippen LogP contribution in [0.3, 0.4) is 0 Å². The molecule has 1 atom stereocenters. The minimum atomic E-state index is -3.10. The average molecular weight is 389 g/mol. The number of carbonyl (C=O) groups excluding carboxylic acids is 2. The second kappa shape index (κ2) is 6.37. The maximum atomic E-state index is 12.1. The number of hydrogen-bond acceptors (Lipinski definition) is 4. The lowest BCUT2D eigenvalue weighted by Gasteiger charge is -2.22. The van der Waals surface area contributed by atoms with Crippen molar-refractivity contribution in [1.29, 1.82) is 0 Å². The van der Waals surface area contributed by atoms with Crippen LogP contribution in [-0.4, -0.2) is 49.7 Å². The van der Waals surface area contributed by atoms with Crippen LogP contribution >= 0.6 is 15.9 Å². The number of nitrogens with zero attached hydrogens (tertiary/aromatic N) is 1. The second-order valence-corrected chi connectivity index (χ2v) is 8.53. The summed E-state index contributed by atoms with van der Waals surface area (Å²) in [5, 5.41) is 2.56. The third-order valence-corrected chi connectivity index (χ3v) is 5.95. The minimum Gasteiger partial charge on any atom is -0.333 e. The van der Waals surface area contributed by atoms with Crippen LogP contribution in [0.5, 0.6) is 0 Å². The fourth-order valence-electron chi connectivity index (χ4n) is 2.35. The summed E-state index contributed by atoms with van der Waals surface area (Å²) in [7, 11) is -1.64. The van der Waals surface area contributed by atoms with E-state index in [9.17, 15) is 18.0 Å². The van der Waals surface area contributed by atoms with Crippen LogP contribution in [0, 0.1) is 6.92 Å². The predicted octanol–water partition coefficient (Wildman–Crippen LogP) is 1.34. The highest BCUT2D eigenvalue weighted by Crippen LogP contribution is 2.21. The number of benzene rings is 1. The highest BCUT2D eigenvalue weighted by Gasteiger charge is 2.34. The smallest absolute Gasteiger partial charge is 0.313 e. The van der Waals surface area contributed by atoms with Crippen LogP contribution in [0.2, 0.25) is 0 Å². The van der Waals surface area contributed by atoms with Crippen molar-refractivity contribution in [1.82, 2.24) is 4.90 Å². The van der Waals surface area contributed by atoms with Crippen molar-refractivity contribution < 1.29 is 18.0 Å². The zero-order valence-electron chi connectivity index (χ0n) is 12.3. The van der Waals surface area contributed by atoms with Crippen molar-refractivity contribution in [3.05, 3.63) is 28.2 Å². The number of sulfone groups is 1. The summed E-state index contributed by atoms with van der Waals surface area (Å²) in [6.07, 6.45) is 0.370. The fraction of sp³-hybridized carbons (Fsp3) is 0.429. The molecule has 0 aromatic heterocycles. The number of likely N-dealkylation sites (N-methyl/N-ethyl adjacent to an activating group) is 1. The predicted molar refractivity (Wildman–Crippen MR) is 87.3 cm³/mol. The summed E-state index contributed by atoms with van der Waals surface area (Å²) in [4.78, 5) is 25.4. The van der Waals surface area contributed by atoms with Crippen molar-refractivity contribution in [3.63, 3.8) is 0 Å². The third kappa shape index (κ3) is 3.86. The number of halogens is 1. The van der Waals surface area contributed by atoms with Gasteiger partial charge in [-0.05, 0) is 37.1 Å². The molecule has 2 rings (SSSR count). The first-order chi connectivity index (χ1) is 10.2. The molecule has 0 spiro atoms. The summed E-state index contributed by atoms with van der Waals surface area (Å²) in [5.41, 5.74) is 1.37. The molecule has 1 aliphatic heterocycles. The Hall–Kier alpha value is -1.41. The highest BCUT2D eigenvalue weighted by molar-refractivity contribution is 9.10. The Morgan fingerprint density at radius 1 is 1.36 bits per heavy atom. The fourth-order valence-corrected chi connectivity index (χ4v) is 4.60. The molecule has 8 heteroatoms. The molecule has 2 amide bonds. The zero-order chi connectivity index (χ0) is 16.5. The molecule has 1 N–H and O–H groups in total. The summed E-state index contributed by atoms with van der Waals surface area (Å²) in [6, 6.07) is 4.85. The summed E-state index contributed by atoms with van der Waals surface area (Å²) in [5.74, 6) is -1.52. The van der Waals surface area contributed by atoms with E-state index in [2.05, 4.69) is 21.2 Å². The van der Waals surface area contributed by atoms with Gasteiger partial charge in [0.05, 0.1) is 11.5 Å². The van der Waals surface area contributed by atoms with Crippen LogP contribution in [0.25, 0.3) is 0 Å². The molecule has 0 aliphatic carbocycles. The van der Waals surface area contributed by atoms with Crippen LogP contribution in [0.1, 0.15) is 12.0 Å². The van der Waals surface area contributed by atoms with Crippen molar-refractivity contribution in [2.75, 3.05) is 23.9 Å². The monoisotopic (exact) mass is 388 g/mol. The largest absolute Gasteiger partial charge is 0.333 e. The molecule has 0 bridgehead atoms. The zero-order valence-corrected chi connectivity index (χ0v) is 14.7. The van der Waals surface area contributed by atoms with Crippen molar-refractivity contribution >= 4 is 43.3 Å². The molecule has 1 unspecified atom stereocenters. The van der Waals surface area contributed by atoms with Gasteiger partial charge >= 0.3 is 11.8 Å². The molecule has 120 valence electrons. The SMILES string of the molecule is Cc1cc(Br)ccc1NC(=O)C(=O)N(C)C1CCS(=O)(=O)C1. The van der Waals surface area contributed by atoms with E-state index < -0.39 is 27.7 Å². The molecule has 1 fully saturated rings. The molecule has 0 saturated carbocycles. The number of amides is 2. The number of hydrogen-bond donors (Lipinski definition) is 1. The van der Waals surface area contributed by atoms with Crippen LogP contribution < -0.4 is 5.32 Å². The van der Waals surface area contributed by atoms with E-state index in [4.69, 9.17) is 0 Å². The molecule has 1 aliphatic rings. The van der Waals surface area contributed by atoms with Crippen molar-refractivity contribution in [2.24, 2.45) is 0 Å². The first-order valence-electron chi connectivity index (χ1n) is 6.74. The molecule has 6 nitrogen and oxygen atoms in total. The molecule has 1 aromatic rings. The van der Waals surface area contributed by atoms with Gasteiger partial charge in [-0.3, -0.25) is 9.59 Å². The Bertz CT molecular complexity index is 718. The van der Waals surface area contributed by atoms with Gasteiger partial charge in [0.2, 0.25) is 0 Å². The number of carbonyl (C=O) groups is 2. The molecular weight excluding hydrogens is 372 g/mol. The van der Waals surface area contributed by atoms with Crippen LogP contribution in [-0.2, 0) is 19.4 Å². The lowest BCUT2D eigenvalue weighted by molar-refractivity contribution is -0.143. The van der Waals surface area contributed by atoms with Gasteiger partial charge in [0.15, 0.2) is 9.84 Å². The Balaban J connectivity index is 2.04. The first kappa shape index (κ1) is 17.0. The third-order valence-electron chi connectivity index (χ3n) is 3.71. The van der Waals surface area contributed by atoms with Crippen LogP contribution in [0.15, 0.2) is 22.7 Å². The van der Waals surface area contributed by atoms with Crippen molar-refractivity contribution in [3.8, 4) is 0 Å². The van der Waals surface area contributed by atoms with E-state index >= 15 is 0 Å². The van der Waals surface area contributed by atoms with Crippen molar-refractivity contribution in [2.45, 2.75) is 19.4 Å². The summed E-state index contributed by atoms with van der Waals surface area (Å²) in [6.45, 7) is 1.82. The van der Waals surface area contributed by atoms with Gasteiger partial charge in [0, 0.05) is 23.2 Å². The highest BCUT2D eigenvalue weighted by atomic mass is 79.9. The topological polar surface area (TPSA) is 83.6 Å². The Labute approximate surface area is 137 Å². The number of nitrogens with one attached hydrogen (secondary N) is 1. The Morgan fingerprint density at radius 3 is 2.59 bits per heavy atom. The Kier molecular flexibility index (Phi) is 4.91. The summed E-state index contributed by atoms with van der Waals surface area (Å²) >= 11 is 3.33. The van der Waals surface area contributed by atoms with Gasteiger partial charge in [-0.25, -0.2) is 8.42 Å². The van der Waals surface area contributed by atoms with Gasteiger partial charge in [-0.1, -0.05) is 15.9 Å². The maximum Gasteiger partial charge on any atom is 0.313 e.